The third-order valence-electron chi connectivity index (χ3n) is 2.78. The Morgan fingerprint density at radius 1 is 1.54 bits per heavy atom. The molecule has 1 heterocycles. The molecule has 2 heteroatoms. The van der Waals surface area contributed by atoms with Crippen LogP contribution in [0, 0.1) is 0 Å². The number of benzene rings is 1. The molecule has 1 atom stereocenters. The van der Waals surface area contributed by atoms with Crippen LogP contribution >= 0.6 is 0 Å². The molecule has 2 nitrogen and oxygen atoms in total. The molecule has 2 N–H and O–H groups in total. The maximum absolute atomic E-state index is 9.73. The van der Waals surface area contributed by atoms with Crippen molar-refractivity contribution >= 4 is 0 Å². The van der Waals surface area contributed by atoms with Crippen molar-refractivity contribution in [3.05, 3.63) is 29.3 Å². The largest absolute Gasteiger partial charge is 0.508 e. The Labute approximate surface area is 78.6 Å². The lowest BCUT2D eigenvalue weighted by atomic mass is 9.88. The third kappa shape index (κ3) is 1.42. The minimum Gasteiger partial charge on any atom is -0.508 e. The molecule has 0 amide bonds. The number of hydrogen-bond acceptors (Lipinski definition) is 2. The Kier molecular flexibility index (Phi) is 2.23. The van der Waals surface area contributed by atoms with E-state index in [0.717, 1.165) is 25.1 Å². The zero-order valence-corrected chi connectivity index (χ0v) is 7.88. The molecule has 1 aliphatic rings. The predicted molar refractivity (Wildman–Crippen MR) is 52.8 cm³/mol. The monoisotopic (exact) mass is 177 g/mol. The highest BCUT2D eigenvalue weighted by Gasteiger charge is 2.20. The third-order valence-corrected chi connectivity index (χ3v) is 2.78. The molecule has 0 saturated heterocycles. The summed E-state index contributed by atoms with van der Waals surface area (Å²) in [4.78, 5) is 0. The van der Waals surface area contributed by atoms with Crippen LogP contribution in [0.3, 0.4) is 0 Å². The smallest absolute Gasteiger partial charge is 0.119 e. The Balaban J connectivity index is 2.47. The van der Waals surface area contributed by atoms with Crippen LogP contribution in [0.5, 0.6) is 5.75 Å². The highest BCUT2D eigenvalue weighted by atomic mass is 16.3. The Morgan fingerprint density at radius 3 is 3.15 bits per heavy atom. The van der Waals surface area contributed by atoms with Crippen LogP contribution in [0.2, 0.25) is 0 Å². The summed E-state index contributed by atoms with van der Waals surface area (Å²) in [6.07, 6.45) is 1.08. The molecule has 1 unspecified atom stereocenters. The van der Waals surface area contributed by atoms with Gasteiger partial charge in [0, 0.05) is 24.6 Å². The van der Waals surface area contributed by atoms with E-state index >= 15 is 0 Å². The van der Waals surface area contributed by atoms with Crippen LogP contribution < -0.4 is 5.32 Å². The van der Waals surface area contributed by atoms with Gasteiger partial charge in [0.05, 0.1) is 0 Å². The molecule has 13 heavy (non-hydrogen) atoms. The van der Waals surface area contributed by atoms with Crippen molar-refractivity contribution in [3.8, 4) is 5.75 Å². The van der Waals surface area contributed by atoms with Crippen molar-refractivity contribution in [2.45, 2.75) is 25.8 Å². The average molecular weight is 177 g/mol. The molecule has 0 aromatic heterocycles. The van der Waals surface area contributed by atoms with Gasteiger partial charge < -0.3 is 10.4 Å². The zero-order valence-electron chi connectivity index (χ0n) is 7.88. The summed E-state index contributed by atoms with van der Waals surface area (Å²) < 4.78 is 0. The summed E-state index contributed by atoms with van der Waals surface area (Å²) in [5.74, 6) is 0.941. The van der Waals surface area contributed by atoms with Crippen LogP contribution in [-0.2, 0) is 6.54 Å². The number of rotatable bonds is 1. The first kappa shape index (κ1) is 8.57. The lowest BCUT2D eigenvalue weighted by Gasteiger charge is -2.26. The van der Waals surface area contributed by atoms with Crippen molar-refractivity contribution in [2.75, 3.05) is 6.54 Å². The maximum Gasteiger partial charge on any atom is 0.119 e. The molecule has 1 aromatic carbocycles. The van der Waals surface area contributed by atoms with Gasteiger partial charge in [0.2, 0.25) is 0 Å². The zero-order chi connectivity index (χ0) is 9.26. The van der Waals surface area contributed by atoms with E-state index in [2.05, 4.69) is 18.3 Å². The number of aromatic hydroxyl groups is 1. The fourth-order valence-corrected chi connectivity index (χ4v) is 2.06. The van der Waals surface area contributed by atoms with Gasteiger partial charge in [-0.2, -0.15) is 0 Å². The second-order valence-electron chi connectivity index (χ2n) is 3.59. The molecule has 70 valence electrons. The second kappa shape index (κ2) is 3.38. The Bertz CT molecular complexity index is 309. The molecule has 1 aliphatic heterocycles. The summed E-state index contributed by atoms with van der Waals surface area (Å²) in [6, 6.07) is 5.78. The Hall–Kier alpha value is -1.02. The van der Waals surface area contributed by atoms with Gasteiger partial charge in [-0.25, -0.2) is 0 Å². The molecule has 0 fully saturated rings. The average Bonchev–Trinajstić information content (AvgIpc) is 2.17. The maximum atomic E-state index is 9.73. The molecule has 0 saturated carbocycles. The quantitative estimate of drug-likeness (QED) is 0.687. The summed E-state index contributed by atoms with van der Waals surface area (Å²) in [5, 5.41) is 13.1. The fourth-order valence-electron chi connectivity index (χ4n) is 2.06. The van der Waals surface area contributed by atoms with Crippen LogP contribution in [0.1, 0.15) is 30.4 Å². The molecule has 2 rings (SSSR count). The molecule has 0 radical (unpaired) electrons. The van der Waals surface area contributed by atoms with Crippen LogP contribution in [0.15, 0.2) is 18.2 Å². The van der Waals surface area contributed by atoms with E-state index in [1.54, 1.807) is 6.07 Å². The molecular formula is C11H15NO. The normalized spacial score (nSPS) is 21.2. The molecule has 0 spiro atoms. The van der Waals surface area contributed by atoms with Crippen LogP contribution in [-0.4, -0.2) is 11.7 Å². The first-order valence-corrected chi connectivity index (χ1v) is 4.84. The number of phenols is 1. The Morgan fingerprint density at radius 2 is 2.38 bits per heavy atom. The van der Waals surface area contributed by atoms with Crippen molar-refractivity contribution in [1.29, 1.82) is 0 Å². The van der Waals surface area contributed by atoms with E-state index in [1.165, 1.54) is 5.56 Å². The van der Waals surface area contributed by atoms with Crippen molar-refractivity contribution < 1.29 is 5.11 Å². The lowest BCUT2D eigenvalue weighted by Crippen LogP contribution is -2.27. The van der Waals surface area contributed by atoms with Gasteiger partial charge in [0.15, 0.2) is 0 Å². The lowest BCUT2D eigenvalue weighted by molar-refractivity contribution is 0.441. The van der Waals surface area contributed by atoms with Gasteiger partial charge in [-0.05, 0) is 18.1 Å². The number of phenolic OH excluding ortho intramolecular Hbond substituents is 1. The van der Waals surface area contributed by atoms with Crippen LogP contribution in [0.25, 0.3) is 0 Å². The second-order valence-corrected chi connectivity index (χ2v) is 3.59. The van der Waals surface area contributed by atoms with Crippen LogP contribution in [0.4, 0.5) is 0 Å². The van der Waals surface area contributed by atoms with E-state index in [9.17, 15) is 5.11 Å². The first-order valence-electron chi connectivity index (χ1n) is 4.84. The molecular weight excluding hydrogens is 162 g/mol. The van der Waals surface area contributed by atoms with Gasteiger partial charge in [-0.15, -0.1) is 0 Å². The van der Waals surface area contributed by atoms with Gasteiger partial charge in [0.1, 0.15) is 5.75 Å². The van der Waals surface area contributed by atoms with Crippen molar-refractivity contribution in [2.24, 2.45) is 0 Å². The minimum atomic E-state index is 0.464. The van der Waals surface area contributed by atoms with E-state index in [1.807, 2.05) is 6.07 Å². The van der Waals surface area contributed by atoms with Gasteiger partial charge in [-0.3, -0.25) is 0 Å². The first-order chi connectivity index (χ1) is 6.33. The van der Waals surface area contributed by atoms with E-state index in [-0.39, 0.29) is 0 Å². The molecule has 1 aromatic rings. The summed E-state index contributed by atoms with van der Waals surface area (Å²) in [6.45, 7) is 4.04. The summed E-state index contributed by atoms with van der Waals surface area (Å²) in [5.41, 5.74) is 2.40. The van der Waals surface area contributed by atoms with E-state index in [4.69, 9.17) is 0 Å². The van der Waals surface area contributed by atoms with Gasteiger partial charge in [0.25, 0.3) is 0 Å². The fraction of sp³-hybridized carbons (Fsp3) is 0.455. The SMILES string of the molecule is CCC1CNCc2cccc(O)c21. The number of hydrogen-bond donors (Lipinski definition) is 2. The minimum absolute atomic E-state index is 0.464. The predicted octanol–water partition coefficient (Wildman–Crippen LogP) is 1.99. The van der Waals surface area contributed by atoms with Crippen molar-refractivity contribution in [3.63, 3.8) is 0 Å². The number of nitrogens with one attached hydrogen (secondary N) is 1. The number of fused-ring (bicyclic) bond motifs is 1. The van der Waals surface area contributed by atoms with E-state index in [0.29, 0.717) is 11.7 Å². The van der Waals surface area contributed by atoms with Gasteiger partial charge in [-0.1, -0.05) is 19.1 Å². The summed E-state index contributed by atoms with van der Waals surface area (Å²) in [7, 11) is 0. The highest BCUT2D eigenvalue weighted by molar-refractivity contribution is 5.43. The van der Waals surface area contributed by atoms with Gasteiger partial charge >= 0.3 is 0 Å². The van der Waals surface area contributed by atoms with Crippen molar-refractivity contribution in [1.82, 2.24) is 5.32 Å². The topological polar surface area (TPSA) is 32.3 Å². The molecule has 0 bridgehead atoms. The standard InChI is InChI=1S/C11H15NO/c1-2-8-6-12-7-9-4-3-5-10(13)11(8)9/h3-5,8,12-13H,2,6-7H2,1H3. The highest BCUT2D eigenvalue weighted by Crippen LogP contribution is 2.33. The summed E-state index contributed by atoms with van der Waals surface area (Å²) >= 11 is 0. The molecule has 0 aliphatic carbocycles. The van der Waals surface area contributed by atoms with E-state index < -0.39 is 0 Å².